The highest BCUT2D eigenvalue weighted by atomic mass is 35.5. The maximum atomic E-state index is 15.5. The Morgan fingerprint density at radius 3 is 1.40 bits per heavy atom. The second-order valence-corrected chi connectivity index (χ2v) is 26.9. The fourth-order valence-electron chi connectivity index (χ4n) is 11.0. The van der Waals surface area contributed by atoms with Gasteiger partial charge in [-0.1, -0.05) is 85.3 Å². The van der Waals surface area contributed by atoms with Gasteiger partial charge in [0.2, 0.25) is 11.8 Å². The van der Waals surface area contributed by atoms with Crippen LogP contribution < -0.4 is 31.7 Å². The molecule has 10 rings (SSSR count). The number of nitrogens with one attached hydrogen (secondary N) is 5. The van der Waals surface area contributed by atoms with Crippen LogP contribution in [0, 0.1) is 46.1 Å². The van der Waals surface area contributed by atoms with Crippen LogP contribution >= 0.6 is 35.6 Å². The van der Waals surface area contributed by atoms with Crippen molar-refractivity contribution in [2.45, 2.75) is 125 Å². The quantitative estimate of drug-likeness (QED) is 0.0403. The molecule has 7 atom stereocenters. The predicted octanol–water partition coefficient (Wildman–Crippen LogP) is 12.2. The van der Waals surface area contributed by atoms with E-state index in [4.69, 9.17) is 28.9 Å². The van der Waals surface area contributed by atoms with Gasteiger partial charge in [-0.3, -0.25) is 9.59 Å². The third-order valence-electron chi connectivity index (χ3n) is 16.5. The summed E-state index contributed by atoms with van der Waals surface area (Å²) in [6, 6.07) is 36.8. The van der Waals surface area contributed by atoms with Gasteiger partial charge in [-0.05, 0) is 178 Å². The highest BCUT2D eigenvalue weighted by Crippen LogP contribution is 2.44. The Kier molecular flexibility index (Phi) is 22.0. The van der Waals surface area contributed by atoms with Gasteiger partial charge >= 0.3 is 12.1 Å². The summed E-state index contributed by atoms with van der Waals surface area (Å²) in [5.74, 6) is -1.49. The molecule has 0 radical (unpaired) electrons. The zero-order valence-electron chi connectivity index (χ0n) is 49.3. The van der Waals surface area contributed by atoms with Gasteiger partial charge < -0.3 is 47.0 Å². The molecule has 6 aromatic carbocycles. The first-order chi connectivity index (χ1) is 41.9. The van der Waals surface area contributed by atoms with E-state index in [1.807, 2.05) is 45.0 Å². The molecule has 2 aliphatic carbocycles. The maximum absolute atomic E-state index is 15.5. The van der Waals surface area contributed by atoms with E-state index in [0.29, 0.717) is 68.4 Å². The topological polar surface area (TPSA) is 266 Å². The van der Waals surface area contributed by atoms with Crippen molar-refractivity contribution in [2.75, 3.05) is 34.4 Å². The fraction of sp³-hybridized carbons (Fsp3) is 0.364. The molecule has 0 bridgehead atoms. The molecule has 2 aliphatic heterocycles. The Balaban J connectivity index is 0.000000230. The normalized spacial score (nSPS) is 19.6. The number of benzene rings is 6. The van der Waals surface area contributed by atoms with E-state index in [2.05, 4.69) is 38.1 Å². The van der Waals surface area contributed by atoms with Crippen molar-refractivity contribution in [1.29, 1.82) is 10.5 Å². The van der Waals surface area contributed by atoms with E-state index in [-0.39, 0.29) is 49.7 Å². The van der Waals surface area contributed by atoms with Crippen LogP contribution in [0.15, 0.2) is 133 Å². The van der Waals surface area contributed by atoms with Crippen molar-refractivity contribution in [3.63, 3.8) is 0 Å². The molecule has 4 fully saturated rings. The van der Waals surface area contributed by atoms with E-state index >= 15 is 8.78 Å². The van der Waals surface area contributed by atoms with Crippen molar-refractivity contribution in [3.8, 4) is 12.1 Å². The molecule has 17 nitrogen and oxygen atoms in total. The van der Waals surface area contributed by atoms with E-state index < -0.39 is 86.6 Å². The number of anilines is 4. The van der Waals surface area contributed by atoms with Crippen molar-refractivity contribution in [2.24, 2.45) is 17.6 Å². The number of halogens is 5. The number of β-amino-alcohol motifs (C(OH)–C–C–N with tert-alkyl or cyclic N) is 2. The number of rotatable bonds is 18. The van der Waals surface area contributed by atoms with Crippen LogP contribution in [0.2, 0.25) is 10.0 Å². The van der Waals surface area contributed by atoms with Crippen LogP contribution in [-0.2, 0) is 31.7 Å². The number of carbonyl (C=O) groups excluding carboxylic acids is 4. The largest absolute Gasteiger partial charge is 0.391 e. The number of likely N-dealkylation sites (tertiary alicyclic amines) is 2. The van der Waals surface area contributed by atoms with Crippen LogP contribution in [0.3, 0.4) is 0 Å². The van der Waals surface area contributed by atoms with Crippen LogP contribution in [0.4, 0.5) is 41.1 Å². The number of urea groups is 2. The van der Waals surface area contributed by atoms with E-state index in [1.165, 1.54) is 34.1 Å². The number of amides is 6. The van der Waals surface area contributed by atoms with Crippen molar-refractivity contribution < 1.29 is 42.4 Å². The number of nitriles is 2. The molecule has 2 saturated carbocycles. The molecule has 0 aromatic heterocycles. The first-order valence-electron chi connectivity index (χ1n) is 29.2. The van der Waals surface area contributed by atoms with Gasteiger partial charge in [-0.15, -0.1) is 12.4 Å². The summed E-state index contributed by atoms with van der Waals surface area (Å²) < 4.78 is 47.0. The monoisotopic (exact) mass is 1290 g/mol. The van der Waals surface area contributed by atoms with Gasteiger partial charge in [0.15, 0.2) is 0 Å². The number of nitrogens with two attached hydrogens (primary N) is 1. The van der Waals surface area contributed by atoms with Gasteiger partial charge in [0.25, 0.3) is 0 Å². The maximum Gasteiger partial charge on any atom is 0.322 e. The summed E-state index contributed by atoms with van der Waals surface area (Å²) >= 11 is 11.9. The minimum Gasteiger partial charge on any atom is -0.391 e. The lowest BCUT2D eigenvalue weighted by molar-refractivity contribution is -0.120. The van der Waals surface area contributed by atoms with Crippen LogP contribution in [0.1, 0.15) is 118 Å². The van der Waals surface area contributed by atoms with Crippen molar-refractivity contribution in [3.05, 3.63) is 189 Å². The highest BCUT2D eigenvalue weighted by Gasteiger charge is 2.44. The average Bonchev–Trinajstić information content (AvgIpc) is 0.992. The summed E-state index contributed by atoms with van der Waals surface area (Å²) in [7, 11) is -1.55. The standard InChI is InChI=1S/C35H39ClFN5O4S.C31H31ClFN5O3.ClH/c1-34(2,3)47(46)41-35(17-16-22-4-5-22,24-8-6-23(20-38)7-9-24)25-10-15-29(37)30(18-25)40-32(44)31-19-28(43)21-42(31)33(45)39-27-13-11-26(36)12-14-27;32-23-8-10-24(11-9-23)36-30(41)38-18-25(39)16-28(38)29(40)37-27-15-22(7-12-26(27)33)31(35,14-13-19-1-2-19)21-5-3-20(17-34)4-6-21;/h6-15,18,22,28,31,41,43H,4-5,16-17,19,21H2,1-3H3,(H,39,45)(H,40,44);3-12,15,19,25,28,39H,1-2,13-14,16,18,35H2,(H,36,41)(H,37,40);1H/t28-,31-,35?,47+;25-,28-,31?;/m11./s1. The van der Waals surface area contributed by atoms with Gasteiger partial charge in [0.05, 0.1) is 73.7 Å². The van der Waals surface area contributed by atoms with E-state index in [9.17, 15) is 44.1 Å². The second-order valence-electron chi connectivity index (χ2n) is 24.1. The third kappa shape index (κ3) is 16.9. The zero-order chi connectivity index (χ0) is 63.1. The van der Waals surface area contributed by atoms with E-state index in [1.54, 1.807) is 84.9 Å². The molecule has 6 amide bonds. The summed E-state index contributed by atoms with van der Waals surface area (Å²) in [5.41, 5.74) is 9.47. The molecule has 468 valence electrons. The molecule has 2 unspecified atom stereocenters. The lowest BCUT2D eigenvalue weighted by atomic mass is 9.79. The number of aliphatic hydroxyl groups excluding tert-OH is 2. The van der Waals surface area contributed by atoms with Crippen molar-refractivity contribution in [1.82, 2.24) is 14.5 Å². The molecule has 23 heteroatoms. The smallest absolute Gasteiger partial charge is 0.322 e. The molecule has 2 heterocycles. The minimum atomic E-state index is -1.55. The summed E-state index contributed by atoms with van der Waals surface area (Å²) in [6.45, 7) is 5.46. The third-order valence-corrected chi connectivity index (χ3v) is 18.6. The number of hydrogen-bond acceptors (Lipinski definition) is 10. The fourth-order valence-corrected chi connectivity index (χ4v) is 12.2. The van der Waals surface area contributed by atoms with Gasteiger partial charge in [0, 0.05) is 47.4 Å². The molecular formula is C66H71Cl3F2N10O7S. The summed E-state index contributed by atoms with van der Waals surface area (Å²) in [4.78, 5) is 55.6. The number of carbonyl (C=O) groups is 4. The first kappa shape index (κ1) is 67.4. The van der Waals surface area contributed by atoms with Crippen LogP contribution in [0.5, 0.6) is 0 Å². The van der Waals surface area contributed by atoms with E-state index in [0.717, 1.165) is 49.7 Å². The average molecular weight is 1290 g/mol. The SMILES string of the molecule is CC(C)(C)[S@](=O)NC(CCC1CC1)(c1ccc(C#N)cc1)c1ccc(F)c(NC(=O)[C@H]2C[C@@H](O)CN2C(=O)Nc2ccc(Cl)cc2)c1.Cl.N#Cc1ccc(C(N)(CCC2CC2)c2ccc(F)c(NC(=O)[C@H]3C[C@@H](O)CN3C(=O)Nc3ccc(Cl)cc3)c2)cc1. The molecule has 4 aliphatic rings. The Morgan fingerprint density at radius 1 is 0.596 bits per heavy atom. The van der Waals surface area contributed by atoms with Crippen molar-refractivity contribution >= 4 is 93.2 Å². The Morgan fingerprint density at radius 2 is 0.989 bits per heavy atom. The Bertz CT molecular complexity index is 3640. The molecule has 6 aromatic rings. The zero-order valence-corrected chi connectivity index (χ0v) is 52.4. The lowest BCUT2D eigenvalue weighted by Crippen LogP contribution is -2.49. The Hall–Kier alpha value is -7.50. The number of nitrogens with zero attached hydrogens (tertiary/aromatic N) is 4. The summed E-state index contributed by atoms with van der Waals surface area (Å²) in [6.07, 6.45) is 5.52. The number of hydrogen-bond donors (Lipinski definition) is 8. The minimum absolute atomic E-state index is 0. The molecule has 2 saturated heterocycles. The van der Waals surface area contributed by atoms with Crippen LogP contribution in [0.25, 0.3) is 0 Å². The van der Waals surface area contributed by atoms with Gasteiger partial charge in [0.1, 0.15) is 23.7 Å². The number of aliphatic hydroxyl groups is 2. The second kappa shape index (κ2) is 29.0. The lowest BCUT2D eigenvalue weighted by Gasteiger charge is -2.38. The molecule has 9 N–H and O–H groups in total. The molecular weight excluding hydrogens is 1220 g/mol. The van der Waals surface area contributed by atoms with Gasteiger partial charge in [-0.25, -0.2) is 27.3 Å². The summed E-state index contributed by atoms with van der Waals surface area (Å²) in [5, 5.41) is 51.1. The predicted molar refractivity (Wildman–Crippen MR) is 343 cm³/mol. The van der Waals surface area contributed by atoms with Gasteiger partial charge in [-0.2, -0.15) is 10.5 Å². The highest BCUT2D eigenvalue weighted by molar-refractivity contribution is 7.84. The Labute approximate surface area is 535 Å². The molecule has 0 spiro atoms. The van der Waals surface area contributed by atoms with Crippen LogP contribution in [-0.4, -0.2) is 90.2 Å². The first-order valence-corrected chi connectivity index (χ1v) is 31.1. The molecule has 89 heavy (non-hydrogen) atoms.